The molecule has 15 rings (SSSR count). The van der Waals surface area contributed by atoms with E-state index in [4.69, 9.17) is 0 Å². The molecular weight excluding hydrogens is 917 g/mol. The number of para-hydroxylation sites is 4. The lowest BCUT2D eigenvalue weighted by Crippen LogP contribution is -2.17. The van der Waals surface area contributed by atoms with Gasteiger partial charge in [-0.2, -0.15) is 0 Å². The van der Waals surface area contributed by atoms with E-state index >= 15 is 0 Å². The van der Waals surface area contributed by atoms with Crippen LogP contribution in [0.4, 0.5) is 0 Å². The molecule has 0 bridgehead atoms. The van der Waals surface area contributed by atoms with E-state index < -0.39 is 0 Å². The molecule has 0 atom stereocenters. The van der Waals surface area contributed by atoms with Gasteiger partial charge in [-0.05, 0) is 174 Å². The van der Waals surface area contributed by atoms with Crippen LogP contribution in [0, 0.1) is 0 Å². The first-order valence-electron chi connectivity index (χ1n) is 26.7. The zero-order valence-corrected chi connectivity index (χ0v) is 43.1. The lowest BCUT2D eigenvalue weighted by atomic mass is 9.79. The molecule has 360 valence electrons. The largest absolute Gasteiger partial charge is 0.309 e. The third-order valence-electron chi connectivity index (χ3n) is 17.1. The van der Waals surface area contributed by atoms with Crippen molar-refractivity contribution in [3.05, 3.63) is 288 Å². The van der Waals surface area contributed by atoms with Crippen molar-refractivity contribution in [3.63, 3.8) is 0 Å². The molecule has 13 aromatic rings. The van der Waals surface area contributed by atoms with Gasteiger partial charge in [0.25, 0.3) is 0 Å². The average Bonchev–Trinajstić information content (AvgIpc) is 4.22. The highest BCUT2D eigenvalue weighted by Crippen LogP contribution is 2.57. The Morgan fingerprint density at radius 1 is 0.303 bits per heavy atom. The van der Waals surface area contributed by atoms with Crippen molar-refractivity contribution < 1.29 is 0 Å². The fourth-order valence-electron chi connectivity index (χ4n) is 13.2. The van der Waals surface area contributed by atoms with Gasteiger partial charge in [0.1, 0.15) is 0 Å². The number of hydrogen-bond donors (Lipinski definition) is 0. The molecule has 11 aromatic carbocycles. The molecule has 0 radical (unpaired) electrons. The molecule has 2 aliphatic carbocycles. The summed E-state index contributed by atoms with van der Waals surface area (Å²) in [5.74, 6) is 0. The topological polar surface area (TPSA) is 9.86 Å². The molecule has 2 aliphatic rings. The van der Waals surface area contributed by atoms with Gasteiger partial charge < -0.3 is 9.13 Å². The van der Waals surface area contributed by atoms with Crippen molar-refractivity contribution >= 4 is 55.3 Å². The van der Waals surface area contributed by atoms with Crippen LogP contribution >= 0.6 is 0 Å². The molecular formula is C74H54N2. The lowest BCUT2D eigenvalue weighted by Gasteiger charge is -2.24. The van der Waals surface area contributed by atoms with Crippen LogP contribution in [0.3, 0.4) is 0 Å². The first-order chi connectivity index (χ1) is 37.2. The highest BCUT2D eigenvalue weighted by atomic mass is 15.0. The average molecular weight is 971 g/mol. The predicted molar refractivity (Wildman–Crippen MR) is 321 cm³/mol. The molecule has 76 heavy (non-hydrogen) atoms. The van der Waals surface area contributed by atoms with Crippen LogP contribution in [0.25, 0.3) is 111 Å². The summed E-state index contributed by atoms with van der Waals surface area (Å²) < 4.78 is 4.77. The quantitative estimate of drug-likeness (QED) is 0.141. The first-order valence-corrected chi connectivity index (χ1v) is 26.7. The molecule has 0 saturated carbocycles. The highest BCUT2D eigenvalue weighted by molar-refractivity contribution is 6.12. The van der Waals surface area contributed by atoms with Gasteiger partial charge in [0.15, 0.2) is 0 Å². The lowest BCUT2D eigenvalue weighted by molar-refractivity contribution is 0.652. The fraction of sp³-hybridized carbons (Fsp3) is 0.0811. The molecule has 0 spiro atoms. The van der Waals surface area contributed by atoms with Crippen LogP contribution < -0.4 is 0 Å². The Labute approximate surface area is 444 Å². The third kappa shape index (κ3) is 6.66. The fourth-order valence-corrected chi connectivity index (χ4v) is 13.2. The molecule has 2 nitrogen and oxygen atoms in total. The van der Waals surface area contributed by atoms with Gasteiger partial charge in [0, 0.05) is 43.7 Å². The zero-order chi connectivity index (χ0) is 50.9. The summed E-state index contributed by atoms with van der Waals surface area (Å²) in [5.41, 5.74) is 27.6. The smallest absolute Gasteiger partial charge is 0.0541 e. The molecule has 0 amide bonds. The molecule has 0 aliphatic heterocycles. The van der Waals surface area contributed by atoms with Crippen molar-refractivity contribution in [1.82, 2.24) is 9.13 Å². The Morgan fingerprint density at radius 3 is 1.25 bits per heavy atom. The van der Waals surface area contributed by atoms with Crippen molar-refractivity contribution in [2.24, 2.45) is 0 Å². The summed E-state index contributed by atoms with van der Waals surface area (Å²) in [7, 11) is 0. The van der Waals surface area contributed by atoms with E-state index in [9.17, 15) is 0 Å². The summed E-state index contributed by atoms with van der Waals surface area (Å²) in [4.78, 5) is 0. The number of fused-ring (bicyclic) bond motifs is 12. The molecule has 0 unspecified atom stereocenters. The summed E-state index contributed by atoms with van der Waals surface area (Å²) in [6.45, 7) is 9.67. The van der Waals surface area contributed by atoms with E-state index in [2.05, 4.69) is 292 Å². The highest BCUT2D eigenvalue weighted by Gasteiger charge is 2.42. The Balaban J connectivity index is 0.761. The van der Waals surface area contributed by atoms with E-state index in [0.29, 0.717) is 0 Å². The van der Waals surface area contributed by atoms with Crippen molar-refractivity contribution in [3.8, 4) is 55.9 Å². The molecule has 0 saturated heterocycles. The van der Waals surface area contributed by atoms with Gasteiger partial charge in [-0.1, -0.05) is 198 Å². The second-order valence-electron chi connectivity index (χ2n) is 22.1. The van der Waals surface area contributed by atoms with Crippen LogP contribution in [-0.2, 0) is 10.8 Å². The van der Waals surface area contributed by atoms with Crippen LogP contribution in [0.5, 0.6) is 0 Å². The number of nitrogens with zero attached hydrogens (tertiary/aromatic N) is 2. The predicted octanol–water partition coefficient (Wildman–Crippen LogP) is 19.4. The summed E-state index contributed by atoms with van der Waals surface area (Å²) in [6, 6.07) is 92.4. The number of benzene rings is 11. The minimum atomic E-state index is -0.187. The maximum atomic E-state index is 2.54. The van der Waals surface area contributed by atoms with Gasteiger partial charge in [-0.3, -0.25) is 0 Å². The Hall–Kier alpha value is -9.24. The minimum Gasteiger partial charge on any atom is -0.309 e. The van der Waals surface area contributed by atoms with Crippen molar-refractivity contribution in [2.45, 2.75) is 38.5 Å². The molecule has 0 fully saturated rings. The summed E-state index contributed by atoms with van der Waals surface area (Å²) >= 11 is 0. The Kier molecular flexibility index (Phi) is 9.69. The third-order valence-corrected chi connectivity index (χ3v) is 17.1. The van der Waals surface area contributed by atoms with Gasteiger partial charge in [-0.15, -0.1) is 0 Å². The maximum absolute atomic E-state index is 2.54. The Bertz CT molecular complexity index is 4530. The van der Waals surface area contributed by atoms with E-state index in [0.717, 1.165) is 0 Å². The van der Waals surface area contributed by atoms with Gasteiger partial charge in [-0.25, -0.2) is 0 Å². The number of hydrogen-bond acceptors (Lipinski definition) is 0. The van der Waals surface area contributed by atoms with Gasteiger partial charge >= 0.3 is 0 Å². The SMILES string of the molecule is CC1(C)c2cc(C=C(c3ccccc3)c3ccc(-c4ccc5c(c4)c4ccccc4n5-c4ccccc4)cc3)ccc2-c2cc3c(cc21)-c1ccc(-c2ccc4c(c2)c2ccccc2n4-c2ccccc2)cc1C3(C)C. The van der Waals surface area contributed by atoms with Gasteiger partial charge in [0.2, 0.25) is 0 Å². The van der Waals surface area contributed by atoms with Crippen LogP contribution in [0.2, 0.25) is 0 Å². The van der Waals surface area contributed by atoms with Crippen LogP contribution in [-0.4, -0.2) is 9.13 Å². The van der Waals surface area contributed by atoms with E-state index in [1.807, 2.05) is 0 Å². The zero-order valence-electron chi connectivity index (χ0n) is 43.1. The minimum absolute atomic E-state index is 0.172. The normalized spacial score (nSPS) is 14.1. The van der Waals surface area contributed by atoms with Gasteiger partial charge in [0.05, 0.1) is 22.1 Å². The Morgan fingerprint density at radius 2 is 0.697 bits per heavy atom. The van der Waals surface area contributed by atoms with Crippen molar-refractivity contribution in [2.75, 3.05) is 0 Å². The second kappa shape index (κ2) is 16.6. The number of rotatable bonds is 7. The van der Waals surface area contributed by atoms with E-state index in [-0.39, 0.29) is 10.8 Å². The summed E-state index contributed by atoms with van der Waals surface area (Å²) in [5, 5.41) is 5.07. The first kappa shape index (κ1) is 44.3. The van der Waals surface area contributed by atoms with Crippen LogP contribution in [0.1, 0.15) is 66.6 Å². The van der Waals surface area contributed by atoms with E-state index in [1.165, 1.54) is 144 Å². The second-order valence-corrected chi connectivity index (χ2v) is 22.1. The standard InChI is InChI=1S/C74H54N2/c1-73(2)65-41-47(40-60(49-18-8-5-9-19-49)50-31-29-48(30-32-50)51-34-38-71-63(42-51)58-24-14-16-26-69(58)75(71)54-20-10-6-11-21-54)28-36-56(65)61-45-68-62(46-67(61)73)57-37-33-53(44-66(57)74(68,3)4)52-35-39-72-64(43-52)59-25-15-17-27-70(59)76(72)55-22-12-7-13-23-55/h5-46H,1-4H3. The molecule has 2 heteroatoms. The monoisotopic (exact) mass is 970 g/mol. The van der Waals surface area contributed by atoms with E-state index in [1.54, 1.807) is 0 Å². The summed E-state index contributed by atoms with van der Waals surface area (Å²) in [6.07, 6.45) is 2.39. The maximum Gasteiger partial charge on any atom is 0.0541 e. The molecule has 0 N–H and O–H groups in total. The molecule has 2 aromatic heterocycles. The molecule has 2 heterocycles. The van der Waals surface area contributed by atoms with Crippen LogP contribution in [0.15, 0.2) is 249 Å². The van der Waals surface area contributed by atoms with Crippen molar-refractivity contribution in [1.29, 1.82) is 0 Å². The number of aromatic nitrogens is 2.